The van der Waals surface area contributed by atoms with Gasteiger partial charge in [0, 0.05) is 17.8 Å². The van der Waals surface area contributed by atoms with Gasteiger partial charge in [0.15, 0.2) is 0 Å². The van der Waals surface area contributed by atoms with Crippen molar-refractivity contribution in [1.29, 1.82) is 0 Å². The second-order valence-corrected chi connectivity index (χ2v) is 4.90. The molecule has 1 aromatic carbocycles. The van der Waals surface area contributed by atoms with Crippen LogP contribution in [0.2, 0.25) is 0 Å². The fraction of sp³-hybridized carbons (Fsp3) is 0.429. The zero-order chi connectivity index (χ0) is 14.5. The highest BCUT2D eigenvalue weighted by molar-refractivity contribution is 5.95. The van der Waals surface area contributed by atoms with Crippen molar-refractivity contribution in [2.45, 2.75) is 25.3 Å². The zero-order valence-corrected chi connectivity index (χ0v) is 11.2. The first-order valence-corrected chi connectivity index (χ1v) is 6.70. The van der Waals surface area contributed by atoms with Crippen molar-refractivity contribution in [3.05, 3.63) is 29.8 Å². The molecule has 4 N–H and O–H groups in total. The average Bonchev–Trinajstić information content (AvgIpc) is 2.46. The third-order valence-electron chi connectivity index (χ3n) is 3.50. The van der Waals surface area contributed by atoms with Gasteiger partial charge in [-0.2, -0.15) is 0 Å². The minimum atomic E-state index is -0.638. The zero-order valence-electron chi connectivity index (χ0n) is 11.2. The van der Waals surface area contributed by atoms with Crippen molar-refractivity contribution >= 4 is 17.6 Å². The summed E-state index contributed by atoms with van der Waals surface area (Å²) >= 11 is 0. The molecule has 0 radical (unpaired) electrons. The summed E-state index contributed by atoms with van der Waals surface area (Å²) in [5.74, 6) is -0.0885. The fourth-order valence-electron chi connectivity index (χ4n) is 2.46. The molecule has 20 heavy (non-hydrogen) atoms. The lowest BCUT2D eigenvalue weighted by Crippen LogP contribution is -2.45. The number of amides is 3. The number of hydrogen-bond donors (Lipinski definition) is 3. The van der Waals surface area contributed by atoms with Crippen LogP contribution in [0.25, 0.3) is 0 Å². The Morgan fingerprint density at radius 2 is 2.00 bits per heavy atom. The van der Waals surface area contributed by atoms with Gasteiger partial charge in [-0.3, -0.25) is 4.79 Å². The van der Waals surface area contributed by atoms with Crippen LogP contribution in [0, 0.1) is 0 Å². The van der Waals surface area contributed by atoms with Crippen LogP contribution in [0.1, 0.15) is 29.6 Å². The van der Waals surface area contributed by atoms with Crippen molar-refractivity contribution in [2.24, 2.45) is 5.73 Å². The molecule has 1 saturated heterocycles. The summed E-state index contributed by atoms with van der Waals surface area (Å²) in [5.41, 5.74) is 6.11. The molecule has 1 aliphatic heterocycles. The second kappa shape index (κ2) is 6.38. The molecule has 0 bridgehead atoms. The first kappa shape index (κ1) is 14.3. The summed E-state index contributed by atoms with van der Waals surface area (Å²) in [6.07, 6.45) is 2.84. The lowest BCUT2D eigenvalue weighted by atomic mass is 10.0. The molecule has 1 unspecified atom stereocenters. The van der Waals surface area contributed by atoms with E-state index in [4.69, 9.17) is 5.73 Å². The molecular formula is C14H19N3O3. The Bertz CT molecular complexity index is 487. The molecule has 2 rings (SSSR count). The Morgan fingerprint density at radius 3 is 2.60 bits per heavy atom. The molecule has 6 nitrogen and oxygen atoms in total. The van der Waals surface area contributed by atoms with Crippen LogP contribution in [-0.4, -0.2) is 41.1 Å². The first-order chi connectivity index (χ1) is 9.61. The molecule has 3 amide bonds. The molecule has 0 saturated carbocycles. The number of likely N-dealkylation sites (tertiary alicyclic amines) is 1. The minimum absolute atomic E-state index is 0.00689. The number of benzene rings is 1. The van der Waals surface area contributed by atoms with E-state index >= 15 is 0 Å². The van der Waals surface area contributed by atoms with Gasteiger partial charge in [-0.15, -0.1) is 0 Å². The topological polar surface area (TPSA) is 95.7 Å². The van der Waals surface area contributed by atoms with Crippen molar-refractivity contribution < 1.29 is 14.7 Å². The average molecular weight is 277 g/mol. The SMILES string of the molecule is NC(=O)Nc1ccc(C(=O)N2CCCCC2CO)cc1. The maximum atomic E-state index is 12.4. The predicted octanol–water partition coefficient (Wildman–Crippen LogP) is 1.16. The normalized spacial score (nSPS) is 18.6. The standard InChI is InChI=1S/C14H19N3O3/c15-14(20)16-11-6-4-10(5-7-11)13(19)17-8-2-1-3-12(17)9-18/h4-7,12,18H,1-3,8-9H2,(H3,15,16,20). The highest BCUT2D eigenvalue weighted by Gasteiger charge is 2.26. The smallest absolute Gasteiger partial charge is 0.316 e. The van der Waals surface area contributed by atoms with E-state index in [1.807, 2.05) is 0 Å². The van der Waals surface area contributed by atoms with Gasteiger partial charge in [0.1, 0.15) is 0 Å². The number of carbonyl (C=O) groups excluding carboxylic acids is 2. The molecule has 0 aromatic heterocycles. The number of primary amides is 1. The van der Waals surface area contributed by atoms with E-state index in [0.717, 1.165) is 19.3 Å². The van der Waals surface area contributed by atoms with Gasteiger partial charge < -0.3 is 21.1 Å². The molecule has 1 atom stereocenters. The summed E-state index contributed by atoms with van der Waals surface area (Å²) in [7, 11) is 0. The Balaban J connectivity index is 2.09. The summed E-state index contributed by atoms with van der Waals surface area (Å²) in [6.45, 7) is 0.665. The molecule has 0 aliphatic carbocycles. The van der Waals surface area contributed by atoms with E-state index in [0.29, 0.717) is 17.8 Å². The largest absolute Gasteiger partial charge is 0.394 e. The quantitative estimate of drug-likeness (QED) is 0.773. The van der Waals surface area contributed by atoms with Crippen LogP contribution < -0.4 is 11.1 Å². The van der Waals surface area contributed by atoms with Crippen LogP contribution in [0.3, 0.4) is 0 Å². The Labute approximate surface area is 117 Å². The minimum Gasteiger partial charge on any atom is -0.394 e. The Morgan fingerprint density at radius 1 is 1.30 bits per heavy atom. The van der Waals surface area contributed by atoms with Gasteiger partial charge >= 0.3 is 6.03 Å². The first-order valence-electron chi connectivity index (χ1n) is 6.70. The summed E-state index contributed by atoms with van der Waals surface area (Å²) in [4.78, 5) is 24.9. The van der Waals surface area contributed by atoms with Gasteiger partial charge in [0.2, 0.25) is 0 Å². The van der Waals surface area contributed by atoms with Crippen LogP contribution in [0.5, 0.6) is 0 Å². The van der Waals surface area contributed by atoms with Crippen LogP contribution in [-0.2, 0) is 0 Å². The molecule has 0 spiro atoms. The fourth-order valence-corrected chi connectivity index (χ4v) is 2.46. The number of urea groups is 1. The third-order valence-corrected chi connectivity index (χ3v) is 3.50. The number of nitrogens with zero attached hydrogens (tertiary/aromatic N) is 1. The molecule has 1 aromatic rings. The number of nitrogens with two attached hydrogens (primary N) is 1. The van der Waals surface area contributed by atoms with E-state index in [9.17, 15) is 14.7 Å². The Hall–Kier alpha value is -2.08. The maximum Gasteiger partial charge on any atom is 0.316 e. The predicted molar refractivity (Wildman–Crippen MR) is 75.4 cm³/mol. The van der Waals surface area contributed by atoms with Gasteiger partial charge in [0.05, 0.1) is 12.6 Å². The second-order valence-electron chi connectivity index (χ2n) is 4.90. The number of carbonyl (C=O) groups is 2. The van der Waals surface area contributed by atoms with Gasteiger partial charge in [-0.25, -0.2) is 4.79 Å². The number of piperidine rings is 1. The maximum absolute atomic E-state index is 12.4. The number of hydrogen-bond acceptors (Lipinski definition) is 3. The highest BCUT2D eigenvalue weighted by Crippen LogP contribution is 2.20. The Kier molecular flexibility index (Phi) is 4.57. The van der Waals surface area contributed by atoms with Crippen LogP contribution in [0.4, 0.5) is 10.5 Å². The number of anilines is 1. The number of nitrogens with one attached hydrogen (secondary N) is 1. The number of aliphatic hydroxyl groups is 1. The summed E-state index contributed by atoms with van der Waals surface area (Å²) < 4.78 is 0. The van der Waals surface area contributed by atoms with Gasteiger partial charge in [-0.1, -0.05) is 0 Å². The molecule has 108 valence electrons. The van der Waals surface area contributed by atoms with E-state index in [1.165, 1.54) is 0 Å². The van der Waals surface area contributed by atoms with Crippen molar-refractivity contribution in [3.8, 4) is 0 Å². The highest BCUT2D eigenvalue weighted by atomic mass is 16.3. The lowest BCUT2D eigenvalue weighted by Gasteiger charge is -2.34. The molecule has 1 heterocycles. The number of rotatable bonds is 3. The van der Waals surface area contributed by atoms with Gasteiger partial charge in [0.25, 0.3) is 5.91 Å². The van der Waals surface area contributed by atoms with Crippen molar-refractivity contribution in [3.63, 3.8) is 0 Å². The molecule has 6 heteroatoms. The molecule has 1 fully saturated rings. The van der Waals surface area contributed by atoms with Crippen molar-refractivity contribution in [2.75, 3.05) is 18.5 Å². The van der Waals surface area contributed by atoms with Crippen LogP contribution >= 0.6 is 0 Å². The molecule has 1 aliphatic rings. The van der Waals surface area contributed by atoms with Crippen LogP contribution in [0.15, 0.2) is 24.3 Å². The van der Waals surface area contributed by atoms with E-state index in [2.05, 4.69) is 5.32 Å². The summed E-state index contributed by atoms with van der Waals surface area (Å²) in [5, 5.41) is 11.8. The van der Waals surface area contributed by atoms with E-state index in [1.54, 1.807) is 29.2 Å². The third kappa shape index (κ3) is 3.27. The van der Waals surface area contributed by atoms with E-state index < -0.39 is 6.03 Å². The lowest BCUT2D eigenvalue weighted by molar-refractivity contribution is 0.0503. The van der Waals surface area contributed by atoms with Crippen molar-refractivity contribution in [1.82, 2.24) is 4.90 Å². The van der Waals surface area contributed by atoms with Gasteiger partial charge in [-0.05, 0) is 43.5 Å². The number of aliphatic hydroxyl groups excluding tert-OH is 1. The molecular weight excluding hydrogens is 258 g/mol. The summed E-state index contributed by atoms with van der Waals surface area (Å²) in [6, 6.07) is 5.83. The van der Waals surface area contributed by atoms with E-state index in [-0.39, 0.29) is 18.6 Å². The monoisotopic (exact) mass is 277 g/mol.